The van der Waals surface area contributed by atoms with Gasteiger partial charge >= 0.3 is 0 Å². The fraction of sp³-hybridized carbons (Fsp3) is 1.00. The molecule has 0 fully saturated rings. The Morgan fingerprint density at radius 1 is 0.483 bits per heavy atom. The van der Waals surface area contributed by atoms with Gasteiger partial charge in [0.2, 0.25) is 0 Å². The number of unbranched alkanes of at least 4 members (excludes halogenated alkanes) is 12. The number of rotatable bonds is 20. The minimum absolute atomic E-state index is 0.657. The smallest absolute Gasteiger partial charge is 0.0689 e. The highest BCUT2D eigenvalue weighted by Crippen LogP contribution is 2.61. The summed E-state index contributed by atoms with van der Waals surface area (Å²) < 4.78 is 0. The Morgan fingerprint density at radius 3 is 0.862 bits per heavy atom. The lowest BCUT2D eigenvalue weighted by Gasteiger charge is -2.28. The van der Waals surface area contributed by atoms with Crippen LogP contribution in [0.25, 0.3) is 0 Å². The number of hydrogen-bond acceptors (Lipinski definition) is 3. The molecule has 0 amide bonds. The first-order chi connectivity index (χ1) is 14.0. The Balaban J connectivity index is 0. The molecule has 0 aromatic carbocycles. The molecule has 0 atom stereocenters. The van der Waals surface area contributed by atoms with E-state index in [1.165, 1.54) is 103 Å². The molecule has 0 unspecified atom stereocenters. The summed E-state index contributed by atoms with van der Waals surface area (Å²) in [6, 6.07) is 0. The molecular weight excluding hydrogens is 381 g/mol. The van der Waals surface area contributed by atoms with Crippen molar-refractivity contribution in [2.75, 3.05) is 24.6 Å². The van der Waals surface area contributed by atoms with Crippen molar-refractivity contribution in [1.82, 2.24) is 0 Å². The van der Waals surface area contributed by atoms with E-state index in [0.717, 1.165) is 0 Å². The zero-order valence-electron chi connectivity index (χ0n) is 20.3. The van der Waals surface area contributed by atoms with Gasteiger partial charge in [-0.05, 0) is 51.4 Å². The lowest BCUT2D eigenvalue weighted by molar-refractivity contribution is -0.402. The summed E-state index contributed by atoms with van der Waals surface area (Å²) in [5.41, 5.74) is 0. The molecule has 0 aliphatic carbocycles. The minimum Gasteiger partial charge on any atom is -0.356 e. The van der Waals surface area contributed by atoms with E-state index in [1.54, 1.807) is 24.6 Å². The molecule has 4 nitrogen and oxygen atoms in total. The maximum Gasteiger partial charge on any atom is 0.0689 e. The van der Waals surface area contributed by atoms with E-state index in [4.69, 9.17) is 15.3 Å². The maximum atomic E-state index is 8.25. The first-order valence-corrected chi connectivity index (χ1v) is 15.2. The van der Waals surface area contributed by atoms with E-state index < -0.39 is 12.3 Å². The van der Waals surface area contributed by atoms with Crippen LogP contribution in [0.3, 0.4) is 0 Å². The summed E-state index contributed by atoms with van der Waals surface area (Å²) in [5.74, 6) is 0. The zero-order valence-corrected chi connectivity index (χ0v) is 21.2. The molecule has 0 aliphatic heterocycles. The van der Waals surface area contributed by atoms with Crippen molar-refractivity contribution in [3.8, 4) is 0 Å². The molecule has 0 aromatic rings. The SMILES string of the molecule is CCCCCC[P+](CCCCCC)(CCCCCC)CCCCCC.O=[N+]([O-])[O-]. The largest absolute Gasteiger partial charge is 0.356 e. The zero-order chi connectivity index (χ0) is 22.2. The van der Waals surface area contributed by atoms with E-state index in [2.05, 4.69) is 27.7 Å². The van der Waals surface area contributed by atoms with Crippen LogP contribution in [0.5, 0.6) is 0 Å². The van der Waals surface area contributed by atoms with Crippen LogP contribution < -0.4 is 0 Å². The Bertz CT molecular complexity index is 283. The van der Waals surface area contributed by atoms with Crippen molar-refractivity contribution >= 4 is 7.26 Å². The molecule has 0 spiro atoms. The van der Waals surface area contributed by atoms with Crippen molar-refractivity contribution in [2.45, 2.75) is 130 Å². The lowest BCUT2D eigenvalue weighted by atomic mass is 10.2. The monoisotopic (exact) mass is 433 g/mol. The molecule has 0 heterocycles. The van der Waals surface area contributed by atoms with Gasteiger partial charge < -0.3 is 15.3 Å². The number of hydrogen-bond donors (Lipinski definition) is 0. The topological polar surface area (TPSA) is 66.2 Å². The van der Waals surface area contributed by atoms with Gasteiger partial charge in [-0.15, -0.1) is 0 Å². The molecule has 0 radical (unpaired) electrons. The molecule has 0 aromatic heterocycles. The van der Waals surface area contributed by atoms with Crippen molar-refractivity contribution in [3.63, 3.8) is 0 Å². The van der Waals surface area contributed by atoms with Crippen LogP contribution in [0.2, 0.25) is 0 Å². The van der Waals surface area contributed by atoms with E-state index in [9.17, 15) is 0 Å². The molecule has 5 heteroatoms. The Labute approximate surface area is 183 Å². The van der Waals surface area contributed by atoms with Crippen LogP contribution in [0.1, 0.15) is 130 Å². The summed E-state index contributed by atoms with van der Waals surface area (Å²) in [5, 5.41) is 14.8. The van der Waals surface area contributed by atoms with Crippen LogP contribution in [0.4, 0.5) is 0 Å². The highest BCUT2D eigenvalue weighted by Gasteiger charge is 2.34. The Kier molecular flexibility index (Phi) is 25.4. The van der Waals surface area contributed by atoms with E-state index >= 15 is 0 Å². The summed E-state index contributed by atoms with van der Waals surface area (Å²) in [7, 11) is -0.657. The second-order valence-electron chi connectivity index (χ2n) is 8.70. The third-order valence-electron chi connectivity index (χ3n) is 5.94. The van der Waals surface area contributed by atoms with Crippen LogP contribution in [-0.4, -0.2) is 29.7 Å². The lowest BCUT2D eigenvalue weighted by Crippen LogP contribution is -2.13. The minimum atomic E-state index is -1.75. The maximum absolute atomic E-state index is 8.25. The predicted molar refractivity (Wildman–Crippen MR) is 133 cm³/mol. The van der Waals surface area contributed by atoms with Crippen LogP contribution in [0.15, 0.2) is 0 Å². The molecule has 0 aliphatic rings. The van der Waals surface area contributed by atoms with Crippen molar-refractivity contribution < 1.29 is 5.09 Å². The molecule has 29 heavy (non-hydrogen) atoms. The molecular formula is C24H52NO3P. The van der Waals surface area contributed by atoms with Crippen LogP contribution in [-0.2, 0) is 0 Å². The normalized spacial score (nSPS) is 11.2. The molecule has 0 rings (SSSR count). The highest BCUT2D eigenvalue weighted by molar-refractivity contribution is 7.75. The second kappa shape index (κ2) is 23.9. The van der Waals surface area contributed by atoms with E-state index in [0.29, 0.717) is 0 Å². The van der Waals surface area contributed by atoms with Gasteiger partial charge in [-0.25, -0.2) is 0 Å². The second-order valence-corrected chi connectivity index (χ2v) is 13.2. The first-order valence-electron chi connectivity index (χ1n) is 12.6. The third kappa shape index (κ3) is 23.8. The van der Waals surface area contributed by atoms with Crippen molar-refractivity contribution in [2.24, 2.45) is 0 Å². The highest BCUT2D eigenvalue weighted by atomic mass is 31.2. The fourth-order valence-corrected chi connectivity index (χ4v) is 9.09. The fourth-order valence-electron chi connectivity index (χ4n) is 4.17. The molecule has 0 bridgehead atoms. The van der Waals surface area contributed by atoms with Crippen LogP contribution in [0, 0.1) is 15.3 Å². The van der Waals surface area contributed by atoms with Crippen molar-refractivity contribution in [1.29, 1.82) is 0 Å². The van der Waals surface area contributed by atoms with E-state index in [-0.39, 0.29) is 0 Å². The molecule has 176 valence electrons. The van der Waals surface area contributed by atoms with Gasteiger partial charge in [0.15, 0.2) is 0 Å². The summed E-state index contributed by atoms with van der Waals surface area (Å²) in [6.07, 6.45) is 30.1. The Hall–Kier alpha value is -0.370. The van der Waals surface area contributed by atoms with Gasteiger partial charge in [-0.2, -0.15) is 0 Å². The third-order valence-corrected chi connectivity index (χ3v) is 11.0. The standard InChI is InChI=1S/C24H52P.NO3/c1-5-9-13-17-21-25(22-18-14-10-6-2,23-19-15-11-7-3)24-20-16-12-8-4;2-1(3)4/h5-24H2,1-4H3;/q+1;-1. The van der Waals surface area contributed by atoms with Gasteiger partial charge in [0.25, 0.3) is 0 Å². The molecule has 0 N–H and O–H groups in total. The number of nitrogens with zero attached hydrogens (tertiary/aromatic N) is 1. The van der Waals surface area contributed by atoms with Gasteiger partial charge in [-0.3, -0.25) is 0 Å². The van der Waals surface area contributed by atoms with Gasteiger partial charge in [0.1, 0.15) is 0 Å². The summed E-state index contributed by atoms with van der Waals surface area (Å²) in [6.45, 7) is 9.40. The predicted octanol–water partition coefficient (Wildman–Crippen LogP) is 9.09. The molecule has 0 saturated heterocycles. The van der Waals surface area contributed by atoms with Gasteiger partial charge in [0.05, 0.1) is 29.7 Å². The average Bonchev–Trinajstić information content (AvgIpc) is 2.69. The molecule has 0 saturated carbocycles. The first kappa shape index (κ1) is 30.8. The van der Waals surface area contributed by atoms with Crippen molar-refractivity contribution in [3.05, 3.63) is 15.3 Å². The summed E-state index contributed by atoms with van der Waals surface area (Å²) >= 11 is 0. The quantitative estimate of drug-likeness (QED) is 0.0832. The van der Waals surface area contributed by atoms with Gasteiger partial charge in [-0.1, -0.05) is 79.1 Å². The summed E-state index contributed by atoms with van der Waals surface area (Å²) in [4.78, 5) is 8.25. The van der Waals surface area contributed by atoms with Gasteiger partial charge in [0, 0.05) is 7.26 Å². The average molecular weight is 434 g/mol. The Morgan fingerprint density at radius 2 is 0.690 bits per heavy atom. The van der Waals surface area contributed by atoms with E-state index in [1.807, 2.05) is 0 Å². The van der Waals surface area contributed by atoms with Crippen LogP contribution >= 0.6 is 7.26 Å².